The van der Waals surface area contributed by atoms with Gasteiger partial charge in [0.15, 0.2) is 5.58 Å². The Bertz CT molecular complexity index is 1000. The minimum Gasteiger partial charge on any atom is -0.408 e. The van der Waals surface area contributed by atoms with Crippen molar-refractivity contribution in [3.8, 4) is 11.3 Å². The van der Waals surface area contributed by atoms with E-state index in [1.807, 2.05) is 28.5 Å². The molecule has 1 aliphatic heterocycles. The molecule has 130 valence electrons. The first-order chi connectivity index (χ1) is 12.0. The molecule has 4 rings (SSSR count). The van der Waals surface area contributed by atoms with E-state index in [0.29, 0.717) is 11.5 Å². The van der Waals surface area contributed by atoms with Crippen molar-refractivity contribution >= 4 is 28.3 Å². The fourth-order valence-electron chi connectivity index (χ4n) is 3.37. The zero-order valence-corrected chi connectivity index (χ0v) is 15.0. The third-order valence-corrected chi connectivity index (χ3v) is 5.83. The van der Waals surface area contributed by atoms with Gasteiger partial charge in [0.25, 0.3) is 0 Å². The van der Waals surface area contributed by atoms with Crippen LogP contribution in [0.3, 0.4) is 0 Å². The number of rotatable bonds is 2. The zero-order valence-electron chi connectivity index (χ0n) is 14.2. The smallest absolute Gasteiger partial charge is 0.408 e. The van der Waals surface area contributed by atoms with Crippen LogP contribution in [0.5, 0.6) is 0 Å². The third-order valence-electron chi connectivity index (χ3n) is 4.83. The van der Waals surface area contributed by atoms with Gasteiger partial charge in [-0.2, -0.15) is 0 Å². The number of aromatic nitrogens is 2. The molecule has 0 radical (unpaired) electrons. The first-order valence-corrected chi connectivity index (χ1v) is 9.22. The molecule has 25 heavy (non-hydrogen) atoms. The van der Waals surface area contributed by atoms with Crippen LogP contribution >= 0.6 is 11.3 Å². The molecule has 3 heterocycles. The zero-order chi connectivity index (χ0) is 17.6. The predicted octanol–water partition coefficient (Wildman–Crippen LogP) is 2.98. The number of carbonyl (C=O) groups is 1. The summed E-state index contributed by atoms with van der Waals surface area (Å²) in [6.45, 7) is 3.21. The van der Waals surface area contributed by atoms with Crippen molar-refractivity contribution in [2.75, 3.05) is 13.1 Å². The predicted molar refractivity (Wildman–Crippen MR) is 96.8 cm³/mol. The van der Waals surface area contributed by atoms with Crippen molar-refractivity contribution in [1.82, 2.24) is 14.5 Å². The van der Waals surface area contributed by atoms with Crippen molar-refractivity contribution in [2.24, 2.45) is 7.05 Å². The lowest BCUT2D eigenvalue weighted by Crippen LogP contribution is -2.37. The first-order valence-electron chi connectivity index (χ1n) is 8.34. The van der Waals surface area contributed by atoms with E-state index in [0.717, 1.165) is 47.7 Å². The van der Waals surface area contributed by atoms with Gasteiger partial charge in [0.05, 0.1) is 16.2 Å². The van der Waals surface area contributed by atoms with Crippen molar-refractivity contribution in [3.63, 3.8) is 0 Å². The molecule has 1 aliphatic rings. The Labute approximate surface area is 148 Å². The molecule has 0 bridgehead atoms. The van der Waals surface area contributed by atoms with Crippen LogP contribution in [-0.2, 0) is 11.8 Å². The van der Waals surface area contributed by atoms with Gasteiger partial charge in [-0.3, -0.25) is 9.36 Å². The third kappa shape index (κ3) is 2.89. The molecule has 3 aromatic rings. The Balaban J connectivity index is 1.63. The van der Waals surface area contributed by atoms with E-state index >= 15 is 0 Å². The maximum atomic E-state index is 11.6. The molecule has 1 unspecified atom stereocenters. The normalized spacial score (nSPS) is 18.0. The van der Waals surface area contributed by atoms with Gasteiger partial charge in [-0.25, -0.2) is 9.78 Å². The van der Waals surface area contributed by atoms with Gasteiger partial charge in [-0.15, -0.1) is 11.3 Å². The fourth-order valence-corrected chi connectivity index (χ4v) is 4.32. The van der Waals surface area contributed by atoms with Gasteiger partial charge >= 0.3 is 5.76 Å². The molecule has 6 nitrogen and oxygen atoms in total. The Kier molecular flexibility index (Phi) is 3.95. The minimum atomic E-state index is -0.363. The summed E-state index contributed by atoms with van der Waals surface area (Å²) in [7, 11) is 1.69. The van der Waals surface area contributed by atoms with E-state index in [1.165, 1.54) is 4.57 Å². The quantitative estimate of drug-likeness (QED) is 0.707. The number of benzene rings is 1. The van der Waals surface area contributed by atoms with Crippen LogP contribution in [0.25, 0.3) is 22.4 Å². The van der Waals surface area contributed by atoms with Crippen LogP contribution in [0.15, 0.2) is 32.8 Å². The summed E-state index contributed by atoms with van der Waals surface area (Å²) < 4.78 is 6.75. The highest BCUT2D eigenvalue weighted by Gasteiger charge is 2.25. The number of hydrogen-bond donors (Lipinski definition) is 0. The molecule has 2 aromatic heterocycles. The van der Waals surface area contributed by atoms with E-state index in [4.69, 9.17) is 9.40 Å². The van der Waals surface area contributed by atoms with E-state index in [1.54, 1.807) is 25.3 Å². The van der Waals surface area contributed by atoms with Crippen molar-refractivity contribution in [2.45, 2.75) is 25.7 Å². The summed E-state index contributed by atoms with van der Waals surface area (Å²) in [5.41, 5.74) is 3.16. The van der Waals surface area contributed by atoms with E-state index in [9.17, 15) is 9.59 Å². The maximum Gasteiger partial charge on any atom is 0.419 e. The van der Waals surface area contributed by atoms with Crippen LogP contribution in [0.2, 0.25) is 0 Å². The summed E-state index contributed by atoms with van der Waals surface area (Å²) in [6.07, 6.45) is 2.07. The average molecular weight is 357 g/mol. The molecular weight excluding hydrogens is 338 g/mol. The van der Waals surface area contributed by atoms with Crippen LogP contribution in [0, 0.1) is 0 Å². The Morgan fingerprint density at radius 2 is 2.24 bits per heavy atom. The minimum absolute atomic E-state index is 0.131. The summed E-state index contributed by atoms with van der Waals surface area (Å²) >= 11 is 1.63. The lowest BCUT2D eigenvalue weighted by atomic mass is 9.98. The van der Waals surface area contributed by atoms with Gasteiger partial charge in [-0.1, -0.05) is 6.07 Å². The second-order valence-corrected chi connectivity index (χ2v) is 7.37. The molecule has 1 fully saturated rings. The molecule has 7 heteroatoms. The summed E-state index contributed by atoms with van der Waals surface area (Å²) in [4.78, 5) is 30.0. The van der Waals surface area contributed by atoms with Crippen molar-refractivity contribution in [3.05, 3.63) is 39.1 Å². The first kappa shape index (κ1) is 16.1. The number of hydrogen-bond acceptors (Lipinski definition) is 5. The highest BCUT2D eigenvalue weighted by Crippen LogP contribution is 2.32. The van der Waals surface area contributed by atoms with E-state index < -0.39 is 0 Å². The SMILES string of the molecule is CC(=O)N1CCCC(c2nc(-c3ccc4c(c3)oc(=O)n4C)cs2)C1. The molecule has 1 aromatic carbocycles. The summed E-state index contributed by atoms with van der Waals surface area (Å²) in [5.74, 6) is 0.0680. The number of nitrogens with zero attached hydrogens (tertiary/aromatic N) is 3. The number of piperidine rings is 1. The molecule has 1 amide bonds. The number of carbonyl (C=O) groups excluding carboxylic acids is 1. The monoisotopic (exact) mass is 357 g/mol. The Morgan fingerprint density at radius 3 is 3.04 bits per heavy atom. The lowest BCUT2D eigenvalue weighted by molar-refractivity contribution is -0.130. The largest absolute Gasteiger partial charge is 0.419 e. The summed E-state index contributed by atoms with van der Waals surface area (Å²) in [6, 6.07) is 5.70. The van der Waals surface area contributed by atoms with Gasteiger partial charge in [0, 0.05) is 43.9 Å². The molecule has 0 spiro atoms. The maximum absolute atomic E-state index is 11.6. The van der Waals surface area contributed by atoms with Gasteiger partial charge in [-0.05, 0) is 25.0 Å². The highest BCUT2D eigenvalue weighted by atomic mass is 32.1. The second kappa shape index (κ2) is 6.15. The molecule has 1 atom stereocenters. The van der Waals surface area contributed by atoms with Crippen LogP contribution in [-0.4, -0.2) is 33.4 Å². The van der Waals surface area contributed by atoms with E-state index in [2.05, 4.69) is 0 Å². The fraction of sp³-hybridized carbons (Fsp3) is 0.389. The molecule has 0 N–H and O–H groups in total. The highest BCUT2D eigenvalue weighted by molar-refractivity contribution is 7.10. The van der Waals surface area contributed by atoms with Gasteiger partial charge in [0.1, 0.15) is 0 Å². The lowest BCUT2D eigenvalue weighted by Gasteiger charge is -2.30. The topological polar surface area (TPSA) is 68.3 Å². The van der Waals surface area contributed by atoms with Crippen molar-refractivity contribution < 1.29 is 9.21 Å². The molecular formula is C18H19N3O3S. The number of aryl methyl sites for hydroxylation is 1. The molecule has 0 saturated carbocycles. The second-order valence-electron chi connectivity index (χ2n) is 6.48. The number of amides is 1. The Hall–Kier alpha value is -2.41. The van der Waals surface area contributed by atoms with Gasteiger partial charge in [0.2, 0.25) is 5.91 Å². The van der Waals surface area contributed by atoms with Crippen LogP contribution < -0.4 is 5.76 Å². The number of thiazole rings is 1. The van der Waals surface area contributed by atoms with Gasteiger partial charge < -0.3 is 9.32 Å². The molecule has 1 saturated heterocycles. The van der Waals surface area contributed by atoms with E-state index in [-0.39, 0.29) is 11.7 Å². The average Bonchev–Trinajstić information content (AvgIpc) is 3.20. The van der Waals surface area contributed by atoms with Crippen LogP contribution in [0.4, 0.5) is 0 Å². The number of fused-ring (bicyclic) bond motifs is 1. The number of likely N-dealkylation sites (tertiary alicyclic amines) is 1. The van der Waals surface area contributed by atoms with Crippen molar-refractivity contribution in [1.29, 1.82) is 0 Å². The molecule has 0 aliphatic carbocycles. The summed E-state index contributed by atoms with van der Waals surface area (Å²) in [5, 5.41) is 3.10. The Morgan fingerprint density at radius 1 is 1.40 bits per heavy atom. The van der Waals surface area contributed by atoms with Crippen LogP contribution in [0.1, 0.15) is 30.7 Å². The number of oxazole rings is 1. The standard InChI is InChI=1S/C18H19N3O3S/c1-11(22)21-7-3-4-13(9-21)17-19-14(10-25-17)12-5-6-15-16(8-12)24-18(23)20(15)2/h5-6,8,10,13H,3-4,7,9H2,1-2H3.